The standard InChI is InChI=1S/C18H17N7OS.C14H19N5O3S2/c1-10-11(2)23-24-18-14(10)15(19)16(27-18)17(26)21-7-12-3-5-13(6-4-12)25-9-20-8-22-25;1-7-8(2)16-17-13-10(7)11(15)12(23-13)14(20)19-5-4-9(6-19)18-24(3,21)22/h3-6,8-9H,7,19H2,1-2H3,(H,21,26);9,18H,4-6,15H2,1-3H3. The van der Waals surface area contributed by atoms with Crippen LogP contribution < -0.4 is 21.5 Å². The first-order valence-corrected chi connectivity index (χ1v) is 19.3. The van der Waals surface area contributed by atoms with Gasteiger partial charge in [-0.2, -0.15) is 15.3 Å². The number of anilines is 2. The first-order chi connectivity index (χ1) is 24.2. The lowest BCUT2D eigenvalue weighted by Crippen LogP contribution is -2.37. The minimum Gasteiger partial charge on any atom is -0.397 e. The summed E-state index contributed by atoms with van der Waals surface area (Å²) in [4.78, 5) is 33.2. The van der Waals surface area contributed by atoms with E-state index in [9.17, 15) is 18.0 Å². The van der Waals surface area contributed by atoms with Gasteiger partial charge in [-0.25, -0.2) is 22.8 Å². The lowest BCUT2D eigenvalue weighted by atomic mass is 10.1. The number of nitrogens with two attached hydrogens (primary N) is 2. The second kappa shape index (κ2) is 14.3. The molecule has 0 spiro atoms. The van der Waals surface area contributed by atoms with Gasteiger partial charge in [-0.05, 0) is 62.9 Å². The van der Waals surface area contributed by atoms with Crippen LogP contribution in [0.5, 0.6) is 0 Å². The van der Waals surface area contributed by atoms with Crippen LogP contribution in [-0.2, 0) is 16.6 Å². The van der Waals surface area contributed by atoms with Crippen molar-refractivity contribution in [3.63, 3.8) is 0 Å². The molecule has 0 saturated carbocycles. The van der Waals surface area contributed by atoms with Gasteiger partial charge in [-0.1, -0.05) is 12.1 Å². The Morgan fingerprint density at radius 1 is 0.902 bits per heavy atom. The summed E-state index contributed by atoms with van der Waals surface area (Å²) in [7, 11) is -3.29. The minimum atomic E-state index is -3.29. The highest BCUT2D eigenvalue weighted by molar-refractivity contribution is 7.88. The molecule has 2 amide bonds. The van der Waals surface area contributed by atoms with Crippen molar-refractivity contribution in [1.82, 2.24) is 50.1 Å². The van der Waals surface area contributed by atoms with Crippen LogP contribution in [-0.4, -0.2) is 85.7 Å². The van der Waals surface area contributed by atoms with Gasteiger partial charge in [0.25, 0.3) is 11.8 Å². The summed E-state index contributed by atoms with van der Waals surface area (Å²) < 4.78 is 26.9. The van der Waals surface area contributed by atoms with Crippen molar-refractivity contribution in [3.8, 4) is 5.69 Å². The van der Waals surface area contributed by atoms with E-state index in [2.05, 4.69) is 40.5 Å². The average Bonchev–Trinajstić information content (AvgIpc) is 3.91. The molecule has 6 N–H and O–H groups in total. The second-order valence-electron chi connectivity index (χ2n) is 12.2. The third-order valence-electron chi connectivity index (χ3n) is 8.60. The maximum atomic E-state index is 12.8. The number of carbonyl (C=O) groups excluding carboxylic acids is 2. The Kier molecular flexibility index (Phi) is 9.98. The van der Waals surface area contributed by atoms with Crippen LogP contribution in [0.1, 0.15) is 53.8 Å². The van der Waals surface area contributed by atoms with Crippen molar-refractivity contribution in [3.05, 3.63) is 74.8 Å². The van der Waals surface area contributed by atoms with Gasteiger partial charge in [0.2, 0.25) is 10.0 Å². The number of rotatable bonds is 7. The van der Waals surface area contributed by atoms with Crippen molar-refractivity contribution in [2.24, 2.45) is 0 Å². The number of amides is 2. The number of likely N-dealkylation sites (tertiary alicyclic amines) is 1. The molecule has 5 aromatic heterocycles. The predicted octanol–water partition coefficient (Wildman–Crippen LogP) is 3.06. The number of benzene rings is 1. The Hall–Kier alpha value is -5.11. The molecular weight excluding hydrogens is 713 g/mol. The first-order valence-electron chi connectivity index (χ1n) is 15.7. The van der Waals surface area contributed by atoms with E-state index < -0.39 is 10.0 Å². The molecule has 1 aromatic carbocycles. The fourth-order valence-corrected chi connectivity index (χ4v) is 8.55. The predicted molar refractivity (Wildman–Crippen MR) is 197 cm³/mol. The van der Waals surface area contributed by atoms with Crippen LogP contribution in [0, 0.1) is 27.7 Å². The van der Waals surface area contributed by atoms with Gasteiger partial charge >= 0.3 is 0 Å². The Bertz CT molecular complexity index is 2370. The molecule has 1 saturated heterocycles. The summed E-state index contributed by atoms with van der Waals surface area (Å²) in [6, 6.07) is 7.45. The molecule has 0 aliphatic carbocycles. The van der Waals surface area contributed by atoms with E-state index in [4.69, 9.17) is 11.5 Å². The average molecular weight is 749 g/mol. The number of hydrogen-bond acceptors (Lipinski definition) is 14. The zero-order valence-corrected chi connectivity index (χ0v) is 30.9. The molecule has 0 bridgehead atoms. The Morgan fingerprint density at radius 3 is 2.06 bits per heavy atom. The Labute approximate surface area is 301 Å². The van der Waals surface area contributed by atoms with E-state index in [0.717, 1.165) is 50.8 Å². The Morgan fingerprint density at radius 2 is 1.49 bits per heavy atom. The van der Waals surface area contributed by atoms with Crippen molar-refractivity contribution >= 4 is 76.3 Å². The molecule has 6 aromatic rings. The number of aryl methyl sites for hydroxylation is 4. The van der Waals surface area contributed by atoms with E-state index in [0.29, 0.717) is 56.8 Å². The molecule has 1 fully saturated rings. The third kappa shape index (κ3) is 7.51. The summed E-state index contributed by atoms with van der Waals surface area (Å²) >= 11 is 2.49. The maximum absolute atomic E-state index is 12.8. The smallest absolute Gasteiger partial charge is 0.266 e. The van der Waals surface area contributed by atoms with Crippen molar-refractivity contribution in [2.75, 3.05) is 30.8 Å². The van der Waals surface area contributed by atoms with Crippen molar-refractivity contribution < 1.29 is 18.0 Å². The number of hydrogen-bond donors (Lipinski definition) is 4. The van der Waals surface area contributed by atoms with Crippen LogP contribution in [0.3, 0.4) is 0 Å². The topological polar surface area (TPSA) is 230 Å². The molecule has 0 radical (unpaired) electrons. The lowest BCUT2D eigenvalue weighted by molar-refractivity contribution is 0.0795. The van der Waals surface area contributed by atoms with Crippen LogP contribution in [0.4, 0.5) is 11.4 Å². The number of aromatic nitrogens is 7. The third-order valence-corrected chi connectivity index (χ3v) is 11.5. The van der Waals surface area contributed by atoms with Crippen LogP contribution in [0.15, 0.2) is 36.9 Å². The highest BCUT2D eigenvalue weighted by atomic mass is 32.2. The summed E-state index contributed by atoms with van der Waals surface area (Å²) in [5, 5.41) is 25.0. The molecule has 266 valence electrons. The van der Waals surface area contributed by atoms with E-state index in [-0.39, 0.29) is 17.9 Å². The monoisotopic (exact) mass is 748 g/mol. The first kappa shape index (κ1) is 35.7. The quantitative estimate of drug-likeness (QED) is 0.185. The minimum absolute atomic E-state index is 0.189. The molecule has 16 nitrogen and oxygen atoms in total. The molecule has 1 aliphatic rings. The van der Waals surface area contributed by atoms with Gasteiger partial charge in [-0.3, -0.25) is 9.59 Å². The number of nitrogens with zero attached hydrogens (tertiary/aromatic N) is 8. The van der Waals surface area contributed by atoms with Crippen LogP contribution >= 0.6 is 22.7 Å². The second-order valence-corrected chi connectivity index (χ2v) is 16.0. The number of nitrogen functional groups attached to an aromatic ring is 2. The van der Waals surface area contributed by atoms with Crippen LogP contribution in [0.25, 0.3) is 26.1 Å². The number of nitrogens with one attached hydrogen (secondary N) is 2. The molecule has 6 heterocycles. The van der Waals surface area contributed by atoms with Gasteiger partial charge in [-0.15, -0.1) is 32.9 Å². The number of thiophene rings is 2. The van der Waals surface area contributed by atoms with Crippen molar-refractivity contribution in [1.29, 1.82) is 0 Å². The fourth-order valence-electron chi connectivity index (χ4n) is 5.67. The van der Waals surface area contributed by atoms with Crippen LogP contribution in [0.2, 0.25) is 0 Å². The number of carbonyl (C=O) groups is 2. The summed E-state index contributed by atoms with van der Waals surface area (Å²) in [5.74, 6) is -0.404. The summed E-state index contributed by atoms with van der Waals surface area (Å²) in [6.07, 6.45) is 4.82. The molecular formula is C32H36N12O4S3. The highest BCUT2D eigenvalue weighted by Crippen LogP contribution is 2.36. The zero-order valence-electron chi connectivity index (χ0n) is 28.5. The molecule has 1 aliphatic heterocycles. The van der Waals surface area contributed by atoms with Gasteiger partial charge in [0.1, 0.15) is 32.1 Å². The van der Waals surface area contributed by atoms with E-state index in [1.807, 2.05) is 52.0 Å². The van der Waals surface area contributed by atoms with E-state index in [1.54, 1.807) is 15.9 Å². The van der Waals surface area contributed by atoms with Gasteiger partial charge in [0.05, 0.1) is 34.7 Å². The van der Waals surface area contributed by atoms with Gasteiger partial charge in [0.15, 0.2) is 0 Å². The largest absolute Gasteiger partial charge is 0.397 e. The zero-order chi connectivity index (χ0) is 36.6. The molecule has 19 heteroatoms. The fraction of sp³-hybridized carbons (Fsp3) is 0.312. The summed E-state index contributed by atoms with van der Waals surface area (Å²) in [6.45, 7) is 8.80. The van der Waals surface area contributed by atoms with Crippen molar-refractivity contribution in [2.45, 2.75) is 46.7 Å². The van der Waals surface area contributed by atoms with E-state index >= 15 is 0 Å². The van der Waals surface area contributed by atoms with Gasteiger partial charge < -0.3 is 21.7 Å². The molecule has 1 unspecified atom stereocenters. The van der Waals surface area contributed by atoms with E-state index in [1.165, 1.54) is 29.0 Å². The highest BCUT2D eigenvalue weighted by Gasteiger charge is 2.31. The molecule has 1 atom stereocenters. The Balaban J connectivity index is 0.000000177. The molecule has 51 heavy (non-hydrogen) atoms. The SMILES string of the molecule is Cc1nnc2sc(C(=O)N3CCC(NS(C)(=O)=O)C3)c(N)c2c1C.Cc1nnc2sc(C(=O)NCc3ccc(-n4cncn4)cc3)c(N)c2c1C. The lowest BCUT2D eigenvalue weighted by Gasteiger charge is -2.16. The number of sulfonamides is 1. The molecule has 7 rings (SSSR count). The number of fused-ring (bicyclic) bond motifs is 2. The summed E-state index contributed by atoms with van der Waals surface area (Å²) in [5.41, 5.74) is 18.6. The maximum Gasteiger partial charge on any atom is 0.266 e. The normalized spacial score (nSPS) is 14.5. The van der Waals surface area contributed by atoms with Gasteiger partial charge in [0, 0.05) is 36.4 Å².